The molecule has 0 bridgehead atoms. The number of rotatable bonds is 6. The third-order valence-electron chi connectivity index (χ3n) is 3.70. The van der Waals surface area contributed by atoms with Crippen LogP contribution in [0.5, 0.6) is 0 Å². The fraction of sp³-hybridized carbons (Fsp3) is 0.818. The summed E-state index contributed by atoms with van der Waals surface area (Å²) in [4.78, 5) is 14.1. The zero-order valence-electron chi connectivity index (χ0n) is 10.1. The Balaban J connectivity index is 1.74. The summed E-state index contributed by atoms with van der Waals surface area (Å²) in [7, 11) is 2.07. The summed E-state index contributed by atoms with van der Waals surface area (Å²) in [5.41, 5.74) is 4.80. The third kappa shape index (κ3) is 2.52. The van der Waals surface area contributed by atoms with Gasteiger partial charge in [0, 0.05) is 19.1 Å². The molecule has 0 aromatic rings. The number of carbonyl (C=O) groups is 1. The first-order valence-corrected chi connectivity index (χ1v) is 6.07. The van der Waals surface area contributed by atoms with E-state index in [2.05, 4.69) is 22.4 Å². The van der Waals surface area contributed by atoms with Gasteiger partial charge in [0.2, 0.25) is 5.91 Å². The standard InChI is InChI=1S/C11H20N4O2/c1-15(8-2-3-8)7-6-13-10(16)11(4-5-11)9(12)14-17/h8,17H,2-7H2,1H3,(H2,12,14)(H,13,16). The minimum Gasteiger partial charge on any atom is -0.409 e. The molecule has 0 radical (unpaired) electrons. The van der Waals surface area contributed by atoms with Crippen LogP contribution in [0.2, 0.25) is 0 Å². The third-order valence-corrected chi connectivity index (χ3v) is 3.70. The number of hydrogen-bond donors (Lipinski definition) is 3. The van der Waals surface area contributed by atoms with E-state index in [4.69, 9.17) is 10.9 Å². The van der Waals surface area contributed by atoms with Gasteiger partial charge in [-0.2, -0.15) is 0 Å². The van der Waals surface area contributed by atoms with E-state index in [1.54, 1.807) is 0 Å². The molecule has 0 spiro atoms. The van der Waals surface area contributed by atoms with Gasteiger partial charge in [0.1, 0.15) is 5.41 Å². The Kier molecular flexibility index (Phi) is 3.24. The fourth-order valence-corrected chi connectivity index (χ4v) is 2.03. The first-order chi connectivity index (χ1) is 8.10. The molecule has 2 rings (SSSR count). The Hall–Kier alpha value is -1.30. The number of hydrogen-bond acceptors (Lipinski definition) is 4. The molecular weight excluding hydrogens is 220 g/mol. The van der Waals surface area contributed by atoms with E-state index >= 15 is 0 Å². The number of likely N-dealkylation sites (N-methyl/N-ethyl adjacent to an activating group) is 1. The topological polar surface area (TPSA) is 91.0 Å². The van der Waals surface area contributed by atoms with E-state index in [-0.39, 0.29) is 11.7 Å². The quantitative estimate of drug-likeness (QED) is 0.258. The average molecular weight is 240 g/mol. The minimum absolute atomic E-state index is 0.0329. The van der Waals surface area contributed by atoms with Gasteiger partial charge >= 0.3 is 0 Å². The van der Waals surface area contributed by atoms with E-state index in [1.165, 1.54) is 12.8 Å². The summed E-state index contributed by atoms with van der Waals surface area (Å²) < 4.78 is 0. The Morgan fingerprint density at radius 3 is 2.71 bits per heavy atom. The maximum atomic E-state index is 11.9. The van der Waals surface area contributed by atoms with E-state index in [0.29, 0.717) is 25.4 Å². The first-order valence-electron chi connectivity index (χ1n) is 6.07. The Bertz CT molecular complexity index is 334. The number of nitrogens with zero attached hydrogens (tertiary/aromatic N) is 2. The number of nitrogens with one attached hydrogen (secondary N) is 1. The number of carbonyl (C=O) groups excluding carboxylic acids is 1. The first kappa shape index (κ1) is 12.2. The van der Waals surface area contributed by atoms with E-state index in [1.807, 2.05) is 0 Å². The van der Waals surface area contributed by atoms with Crippen molar-refractivity contribution in [2.45, 2.75) is 31.7 Å². The molecule has 17 heavy (non-hydrogen) atoms. The average Bonchev–Trinajstić information content (AvgIpc) is 3.19. The van der Waals surface area contributed by atoms with Gasteiger partial charge in [-0.15, -0.1) is 0 Å². The molecule has 0 aliphatic heterocycles. The van der Waals surface area contributed by atoms with Crippen molar-refractivity contribution in [1.29, 1.82) is 0 Å². The molecule has 0 saturated heterocycles. The minimum atomic E-state index is -0.729. The fourth-order valence-electron chi connectivity index (χ4n) is 2.03. The summed E-state index contributed by atoms with van der Waals surface area (Å²) in [6, 6.07) is 0.700. The highest BCUT2D eigenvalue weighted by molar-refractivity contribution is 6.09. The van der Waals surface area contributed by atoms with Crippen LogP contribution in [0, 0.1) is 5.41 Å². The summed E-state index contributed by atoms with van der Waals surface area (Å²) >= 11 is 0. The number of nitrogens with two attached hydrogens (primary N) is 1. The Morgan fingerprint density at radius 1 is 1.59 bits per heavy atom. The maximum Gasteiger partial charge on any atom is 0.234 e. The molecule has 96 valence electrons. The molecule has 0 unspecified atom stereocenters. The highest BCUT2D eigenvalue weighted by atomic mass is 16.4. The van der Waals surface area contributed by atoms with Gasteiger partial charge in [-0.25, -0.2) is 0 Å². The molecule has 2 saturated carbocycles. The second kappa shape index (κ2) is 4.52. The smallest absolute Gasteiger partial charge is 0.234 e. The predicted molar refractivity (Wildman–Crippen MR) is 63.7 cm³/mol. The van der Waals surface area contributed by atoms with Gasteiger partial charge in [0.05, 0.1) is 0 Å². The van der Waals surface area contributed by atoms with Crippen molar-refractivity contribution in [1.82, 2.24) is 10.2 Å². The van der Waals surface area contributed by atoms with Crippen LogP contribution >= 0.6 is 0 Å². The molecule has 0 atom stereocenters. The lowest BCUT2D eigenvalue weighted by Crippen LogP contribution is -2.43. The van der Waals surface area contributed by atoms with Crippen LogP contribution in [-0.4, -0.2) is 48.0 Å². The summed E-state index contributed by atoms with van der Waals surface area (Å²) in [5.74, 6) is -0.0810. The molecule has 0 aromatic carbocycles. The molecule has 2 aliphatic carbocycles. The van der Waals surface area contributed by atoms with Crippen LogP contribution < -0.4 is 11.1 Å². The summed E-state index contributed by atoms with van der Waals surface area (Å²) in [6.45, 7) is 1.47. The second-order valence-electron chi connectivity index (χ2n) is 5.04. The monoisotopic (exact) mass is 240 g/mol. The zero-order valence-corrected chi connectivity index (χ0v) is 10.1. The molecule has 2 aliphatic rings. The Labute approximate surface area is 101 Å². The van der Waals surface area contributed by atoms with Crippen LogP contribution in [-0.2, 0) is 4.79 Å². The van der Waals surface area contributed by atoms with Gasteiger partial charge in [0.15, 0.2) is 5.84 Å². The highest BCUT2D eigenvalue weighted by Crippen LogP contribution is 2.45. The summed E-state index contributed by atoms with van der Waals surface area (Å²) in [6.07, 6.45) is 3.87. The number of amidine groups is 1. The molecule has 4 N–H and O–H groups in total. The molecule has 6 nitrogen and oxygen atoms in total. The van der Waals surface area contributed by atoms with Crippen LogP contribution in [0.25, 0.3) is 0 Å². The van der Waals surface area contributed by atoms with Gasteiger partial charge in [-0.3, -0.25) is 4.79 Å². The second-order valence-corrected chi connectivity index (χ2v) is 5.04. The maximum absolute atomic E-state index is 11.9. The normalized spacial score (nSPS) is 22.6. The number of amides is 1. The molecule has 6 heteroatoms. The van der Waals surface area contributed by atoms with Crippen molar-refractivity contribution in [2.24, 2.45) is 16.3 Å². The highest BCUT2D eigenvalue weighted by Gasteiger charge is 2.54. The lowest BCUT2D eigenvalue weighted by molar-refractivity contribution is -0.124. The van der Waals surface area contributed by atoms with Gasteiger partial charge in [0.25, 0.3) is 0 Å². The van der Waals surface area contributed by atoms with E-state index < -0.39 is 5.41 Å². The van der Waals surface area contributed by atoms with Crippen molar-refractivity contribution in [3.63, 3.8) is 0 Å². The molecule has 0 aromatic heterocycles. The predicted octanol–water partition coefficient (Wildman–Crippen LogP) is -0.277. The number of oxime groups is 1. The van der Waals surface area contributed by atoms with Crippen molar-refractivity contribution >= 4 is 11.7 Å². The van der Waals surface area contributed by atoms with Gasteiger partial charge in [-0.1, -0.05) is 5.16 Å². The molecule has 2 fully saturated rings. The summed E-state index contributed by atoms with van der Waals surface area (Å²) in [5, 5.41) is 14.4. The van der Waals surface area contributed by atoms with Crippen LogP contribution in [0.15, 0.2) is 5.16 Å². The van der Waals surface area contributed by atoms with Gasteiger partial charge in [-0.05, 0) is 32.7 Å². The van der Waals surface area contributed by atoms with Crippen molar-refractivity contribution in [3.05, 3.63) is 0 Å². The van der Waals surface area contributed by atoms with Crippen molar-refractivity contribution in [3.8, 4) is 0 Å². The van der Waals surface area contributed by atoms with E-state index in [9.17, 15) is 4.79 Å². The lowest BCUT2D eigenvalue weighted by atomic mass is 10.1. The van der Waals surface area contributed by atoms with Crippen LogP contribution in [0.4, 0.5) is 0 Å². The molecule has 1 amide bonds. The lowest BCUT2D eigenvalue weighted by Gasteiger charge is -2.18. The zero-order chi connectivity index (χ0) is 12.5. The molecule has 0 heterocycles. The van der Waals surface area contributed by atoms with E-state index in [0.717, 1.165) is 6.54 Å². The van der Waals surface area contributed by atoms with Crippen LogP contribution in [0.1, 0.15) is 25.7 Å². The largest absolute Gasteiger partial charge is 0.409 e. The molecular formula is C11H20N4O2. The SMILES string of the molecule is CN(CCNC(=O)C1(C(N)=NO)CC1)C1CC1. The van der Waals surface area contributed by atoms with Gasteiger partial charge < -0.3 is 21.2 Å². The van der Waals surface area contributed by atoms with Crippen LogP contribution in [0.3, 0.4) is 0 Å². The van der Waals surface area contributed by atoms with Crippen molar-refractivity contribution in [2.75, 3.05) is 20.1 Å². The Morgan fingerprint density at radius 2 is 2.24 bits per heavy atom. The van der Waals surface area contributed by atoms with Crippen molar-refractivity contribution < 1.29 is 10.0 Å².